The Morgan fingerprint density at radius 2 is 2.21 bits per heavy atom. The molecule has 0 unspecified atom stereocenters. The minimum atomic E-state index is 0.823. The highest BCUT2D eigenvalue weighted by atomic mass is 32.1. The molecule has 71 valence electrons. The van der Waals surface area contributed by atoms with Crippen LogP contribution < -0.4 is 0 Å². The third-order valence-electron chi connectivity index (χ3n) is 2.67. The van der Waals surface area contributed by atoms with Gasteiger partial charge in [0.2, 0.25) is 0 Å². The average molecular weight is 204 g/mol. The first kappa shape index (κ1) is 8.38. The first-order chi connectivity index (χ1) is 6.95. The molecule has 1 aliphatic heterocycles. The first-order valence-corrected chi connectivity index (χ1v) is 5.62. The lowest BCUT2D eigenvalue weighted by molar-refractivity contribution is 0.146. The molecule has 2 nitrogen and oxygen atoms in total. The van der Waals surface area contributed by atoms with Gasteiger partial charge >= 0.3 is 0 Å². The Kier molecular flexibility index (Phi) is 2.00. The molecule has 3 rings (SSSR count). The van der Waals surface area contributed by atoms with Gasteiger partial charge in [0.05, 0.1) is 23.4 Å². The molecule has 0 saturated heterocycles. The van der Waals surface area contributed by atoms with Crippen molar-refractivity contribution < 1.29 is 4.74 Å². The number of benzene rings is 1. The number of nitrogens with zero attached hydrogens (tertiary/aromatic N) is 1. The molecule has 1 aromatic heterocycles. The van der Waals surface area contributed by atoms with E-state index in [1.54, 1.807) is 11.3 Å². The van der Waals surface area contributed by atoms with Crippen molar-refractivity contribution in [3.8, 4) is 0 Å². The van der Waals surface area contributed by atoms with Crippen LogP contribution in [0, 0.1) is 5.51 Å². The molecule has 0 N–H and O–H groups in total. The van der Waals surface area contributed by atoms with E-state index >= 15 is 0 Å². The van der Waals surface area contributed by atoms with Gasteiger partial charge in [0.25, 0.3) is 0 Å². The van der Waals surface area contributed by atoms with Gasteiger partial charge in [0.15, 0.2) is 5.51 Å². The Bertz CT molecular complexity index is 463. The summed E-state index contributed by atoms with van der Waals surface area (Å²) in [5, 5.41) is 0. The van der Waals surface area contributed by atoms with Crippen molar-refractivity contribution in [1.82, 2.24) is 4.98 Å². The summed E-state index contributed by atoms with van der Waals surface area (Å²) in [5.74, 6) is 0. The molecule has 1 radical (unpaired) electrons. The highest BCUT2D eigenvalue weighted by Gasteiger charge is 2.12. The summed E-state index contributed by atoms with van der Waals surface area (Å²) in [5.41, 5.74) is 6.87. The van der Waals surface area contributed by atoms with Crippen LogP contribution in [0.2, 0.25) is 0 Å². The highest BCUT2D eigenvalue weighted by molar-refractivity contribution is 7.16. The topological polar surface area (TPSA) is 22.1 Å². The van der Waals surface area contributed by atoms with Crippen molar-refractivity contribution in [2.75, 3.05) is 13.2 Å². The minimum absolute atomic E-state index is 0.823. The van der Waals surface area contributed by atoms with Gasteiger partial charge in [0, 0.05) is 0 Å². The molecule has 0 atom stereocenters. The van der Waals surface area contributed by atoms with Crippen molar-refractivity contribution >= 4 is 21.6 Å². The number of fused-ring (bicyclic) bond motifs is 3. The zero-order valence-electron chi connectivity index (χ0n) is 7.75. The van der Waals surface area contributed by atoms with E-state index in [1.165, 1.54) is 15.8 Å². The van der Waals surface area contributed by atoms with Gasteiger partial charge in [-0.1, -0.05) is 6.07 Å². The maximum absolute atomic E-state index is 5.47. The van der Waals surface area contributed by atoms with E-state index in [-0.39, 0.29) is 0 Å². The maximum atomic E-state index is 5.47. The quantitative estimate of drug-likeness (QED) is 0.656. The van der Waals surface area contributed by atoms with Crippen LogP contribution in [0.3, 0.4) is 0 Å². The van der Waals surface area contributed by atoms with Crippen molar-refractivity contribution in [3.63, 3.8) is 0 Å². The van der Waals surface area contributed by atoms with Crippen LogP contribution in [0.1, 0.15) is 11.1 Å². The number of ether oxygens (including phenoxy) is 1. The van der Waals surface area contributed by atoms with E-state index in [9.17, 15) is 0 Å². The fourth-order valence-corrected chi connectivity index (χ4v) is 2.59. The molecule has 2 aromatic rings. The highest BCUT2D eigenvalue weighted by Crippen LogP contribution is 2.26. The number of hydrogen-bond donors (Lipinski definition) is 0. The number of rotatable bonds is 0. The Balaban J connectivity index is 2.26. The van der Waals surface area contributed by atoms with Crippen molar-refractivity contribution in [2.24, 2.45) is 0 Å². The van der Waals surface area contributed by atoms with Crippen LogP contribution in [0.15, 0.2) is 12.1 Å². The number of aromatic nitrogens is 1. The van der Waals surface area contributed by atoms with Crippen LogP contribution in [0.5, 0.6) is 0 Å². The van der Waals surface area contributed by atoms with E-state index in [1.807, 2.05) is 0 Å². The molecule has 0 spiro atoms. The van der Waals surface area contributed by atoms with Gasteiger partial charge in [-0.3, -0.25) is 0 Å². The predicted molar refractivity (Wildman–Crippen MR) is 56.7 cm³/mol. The van der Waals surface area contributed by atoms with E-state index in [0.717, 1.165) is 31.6 Å². The van der Waals surface area contributed by atoms with Crippen molar-refractivity contribution in [3.05, 3.63) is 28.8 Å². The molecular formula is C11H10NOS. The van der Waals surface area contributed by atoms with Crippen LogP contribution in [0.4, 0.5) is 0 Å². The van der Waals surface area contributed by atoms with Gasteiger partial charge in [0.1, 0.15) is 0 Å². The standard InChI is InChI=1S/C11H10NOS/c1-2-10-11(12-7-14-10)9-4-6-13-5-3-8(1)9/h1-2H,3-6H2. The zero-order valence-corrected chi connectivity index (χ0v) is 8.56. The second kappa shape index (κ2) is 3.33. The Hall–Kier alpha value is -0.930. The molecule has 14 heavy (non-hydrogen) atoms. The summed E-state index contributed by atoms with van der Waals surface area (Å²) in [4.78, 5) is 4.31. The second-order valence-corrected chi connectivity index (χ2v) is 4.29. The van der Waals surface area contributed by atoms with Crippen LogP contribution in [-0.2, 0) is 17.6 Å². The normalized spacial score (nSPS) is 16.6. The lowest BCUT2D eigenvalue weighted by atomic mass is 10.0. The minimum Gasteiger partial charge on any atom is -0.381 e. The van der Waals surface area contributed by atoms with E-state index < -0.39 is 0 Å². The molecule has 1 aliphatic rings. The summed E-state index contributed by atoms with van der Waals surface area (Å²) in [6.45, 7) is 1.66. The van der Waals surface area contributed by atoms with Crippen LogP contribution in [0.25, 0.3) is 10.2 Å². The Morgan fingerprint density at radius 1 is 1.29 bits per heavy atom. The predicted octanol–water partition coefficient (Wildman–Crippen LogP) is 2.21. The van der Waals surface area contributed by atoms with Gasteiger partial charge in [-0.2, -0.15) is 0 Å². The summed E-state index contributed by atoms with van der Waals surface area (Å²) in [7, 11) is 0. The molecule has 0 amide bonds. The van der Waals surface area contributed by atoms with Crippen molar-refractivity contribution in [2.45, 2.75) is 12.8 Å². The maximum Gasteiger partial charge on any atom is 0.153 e. The molecule has 1 aromatic carbocycles. The SMILES string of the molecule is [c]1nc2c3c(ccc2s1)CCOCC3. The largest absolute Gasteiger partial charge is 0.381 e. The monoisotopic (exact) mass is 204 g/mol. The first-order valence-electron chi connectivity index (χ1n) is 4.80. The number of hydrogen-bond acceptors (Lipinski definition) is 3. The van der Waals surface area contributed by atoms with Crippen LogP contribution >= 0.6 is 11.3 Å². The van der Waals surface area contributed by atoms with E-state index in [2.05, 4.69) is 22.6 Å². The lowest BCUT2D eigenvalue weighted by Gasteiger charge is -2.04. The van der Waals surface area contributed by atoms with Gasteiger partial charge < -0.3 is 4.74 Å². The molecule has 0 bridgehead atoms. The summed E-state index contributed by atoms with van der Waals surface area (Å²) >= 11 is 1.59. The lowest BCUT2D eigenvalue weighted by Crippen LogP contribution is -1.94. The molecular weight excluding hydrogens is 194 g/mol. The molecule has 2 heterocycles. The van der Waals surface area contributed by atoms with E-state index in [0.29, 0.717) is 0 Å². The third-order valence-corrected chi connectivity index (χ3v) is 3.40. The molecule has 3 heteroatoms. The second-order valence-electron chi connectivity index (χ2n) is 3.47. The Morgan fingerprint density at radius 3 is 3.21 bits per heavy atom. The summed E-state index contributed by atoms with van der Waals surface area (Å²) < 4.78 is 6.71. The third kappa shape index (κ3) is 1.24. The molecule has 0 fully saturated rings. The van der Waals surface area contributed by atoms with Gasteiger partial charge in [-0.15, -0.1) is 11.3 Å². The fourth-order valence-electron chi connectivity index (χ4n) is 1.95. The van der Waals surface area contributed by atoms with Gasteiger partial charge in [-0.05, 0) is 30.0 Å². The van der Waals surface area contributed by atoms with E-state index in [4.69, 9.17) is 4.74 Å². The summed E-state index contributed by atoms with van der Waals surface area (Å²) in [6, 6.07) is 4.35. The van der Waals surface area contributed by atoms with Gasteiger partial charge in [-0.25, -0.2) is 4.98 Å². The summed E-state index contributed by atoms with van der Waals surface area (Å²) in [6.07, 6.45) is 2.01. The average Bonchev–Trinajstić information content (AvgIpc) is 2.55. The smallest absolute Gasteiger partial charge is 0.153 e. The number of thiazole rings is 1. The van der Waals surface area contributed by atoms with Crippen molar-refractivity contribution in [1.29, 1.82) is 0 Å². The fraction of sp³-hybridized carbons (Fsp3) is 0.364. The van der Waals surface area contributed by atoms with Crippen LogP contribution in [-0.4, -0.2) is 18.2 Å². The Labute approximate surface area is 86.5 Å². The zero-order chi connectivity index (χ0) is 9.38. The molecule has 0 aliphatic carbocycles. The molecule has 0 saturated carbocycles.